The number of rotatable bonds is 5. The number of benzene rings is 1. The summed E-state index contributed by atoms with van der Waals surface area (Å²) in [5.74, 6) is 2.05. The first kappa shape index (κ1) is 17.0. The van der Waals surface area contributed by atoms with E-state index in [0.29, 0.717) is 17.0 Å². The fraction of sp³-hybridized carbons (Fsp3) is 0.222. The van der Waals surface area contributed by atoms with Gasteiger partial charge in [0.1, 0.15) is 5.82 Å². The van der Waals surface area contributed by atoms with Gasteiger partial charge in [-0.2, -0.15) is 0 Å². The number of hydrogen-bond donors (Lipinski definition) is 1. The summed E-state index contributed by atoms with van der Waals surface area (Å²) in [6.07, 6.45) is 0. The molecule has 0 saturated heterocycles. The highest BCUT2D eigenvalue weighted by atomic mass is 32.2. The van der Waals surface area contributed by atoms with Crippen LogP contribution in [0.15, 0.2) is 45.7 Å². The molecule has 0 radical (unpaired) electrons. The van der Waals surface area contributed by atoms with E-state index in [1.807, 2.05) is 36.6 Å². The fourth-order valence-electron chi connectivity index (χ4n) is 2.82. The normalized spacial score (nSPS) is 11.3. The van der Waals surface area contributed by atoms with Gasteiger partial charge in [-0.3, -0.25) is 4.79 Å². The molecule has 0 saturated carbocycles. The number of thiophene rings is 1. The van der Waals surface area contributed by atoms with Crippen LogP contribution in [0.2, 0.25) is 0 Å². The molecule has 4 aromatic rings. The van der Waals surface area contributed by atoms with Crippen molar-refractivity contribution in [3.8, 4) is 10.7 Å². The second-order valence-electron chi connectivity index (χ2n) is 5.80. The van der Waals surface area contributed by atoms with Crippen LogP contribution in [0.5, 0.6) is 0 Å². The molecular formula is C18H17N5OS2. The van der Waals surface area contributed by atoms with Crippen molar-refractivity contribution in [2.45, 2.75) is 31.3 Å². The van der Waals surface area contributed by atoms with Crippen LogP contribution in [0.4, 0.5) is 0 Å². The van der Waals surface area contributed by atoms with E-state index in [2.05, 4.69) is 31.7 Å². The van der Waals surface area contributed by atoms with Gasteiger partial charge in [0.25, 0.3) is 5.56 Å². The quantitative estimate of drug-likeness (QED) is 0.530. The molecule has 0 unspecified atom stereocenters. The molecule has 0 fully saturated rings. The lowest BCUT2D eigenvalue weighted by atomic mass is 10.1. The van der Waals surface area contributed by atoms with E-state index in [-0.39, 0.29) is 5.56 Å². The molecule has 3 aromatic heterocycles. The van der Waals surface area contributed by atoms with Gasteiger partial charge in [0.15, 0.2) is 11.0 Å². The molecule has 0 amide bonds. The Morgan fingerprint density at radius 3 is 2.88 bits per heavy atom. The number of hydrogen-bond acceptors (Lipinski definition) is 6. The van der Waals surface area contributed by atoms with Crippen LogP contribution >= 0.6 is 23.1 Å². The molecule has 26 heavy (non-hydrogen) atoms. The molecule has 1 aromatic carbocycles. The molecule has 8 heteroatoms. The van der Waals surface area contributed by atoms with Crippen LogP contribution in [-0.2, 0) is 12.3 Å². The fourth-order valence-corrected chi connectivity index (χ4v) is 4.41. The van der Waals surface area contributed by atoms with Crippen LogP contribution in [0.25, 0.3) is 21.6 Å². The molecule has 0 aliphatic heterocycles. The predicted molar refractivity (Wildman–Crippen MR) is 106 cm³/mol. The molecule has 4 rings (SSSR count). The highest BCUT2D eigenvalue weighted by molar-refractivity contribution is 7.98. The number of H-pyrrole nitrogens is 1. The topological polar surface area (TPSA) is 76.5 Å². The Morgan fingerprint density at radius 2 is 2.12 bits per heavy atom. The SMILES string of the molecule is CCn1c(SCc2nc3c(C)cccc3c(=O)[nH]2)nnc1-c1cccs1. The van der Waals surface area contributed by atoms with Gasteiger partial charge in [0.2, 0.25) is 0 Å². The summed E-state index contributed by atoms with van der Waals surface area (Å²) < 4.78 is 2.08. The minimum atomic E-state index is -0.106. The van der Waals surface area contributed by atoms with Crippen molar-refractivity contribution in [2.24, 2.45) is 0 Å². The first-order chi connectivity index (χ1) is 12.7. The maximum atomic E-state index is 12.3. The molecular weight excluding hydrogens is 366 g/mol. The summed E-state index contributed by atoms with van der Waals surface area (Å²) in [6, 6.07) is 9.69. The third-order valence-corrected chi connectivity index (χ3v) is 5.94. The standard InChI is InChI=1S/C18H17N5OS2/c1-3-23-16(13-8-5-9-25-13)21-22-18(23)26-10-14-19-15-11(2)6-4-7-12(15)17(24)20-14/h4-9H,3,10H2,1-2H3,(H,19,20,24). The molecule has 0 bridgehead atoms. The Morgan fingerprint density at radius 1 is 1.23 bits per heavy atom. The summed E-state index contributed by atoms with van der Waals surface area (Å²) in [5, 5.41) is 12.1. The zero-order valence-electron chi connectivity index (χ0n) is 14.4. The number of nitrogens with one attached hydrogen (secondary N) is 1. The van der Waals surface area contributed by atoms with Crippen LogP contribution in [0.1, 0.15) is 18.3 Å². The second-order valence-corrected chi connectivity index (χ2v) is 7.69. The largest absolute Gasteiger partial charge is 0.309 e. The second kappa shape index (κ2) is 7.05. The summed E-state index contributed by atoms with van der Waals surface area (Å²) in [5.41, 5.74) is 1.64. The Labute approximate surface area is 158 Å². The molecule has 1 N–H and O–H groups in total. The Bertz CT molecular complexity index is 1110. The molecule has 3 heterocycles. The first-order valence-corrected chi connectivity index (χ1v) is 10.1. The van der Waals surface area contributed by atoms with Crippen molar-refractivity contribution in [1.82, 2.24) is 24.7 Å². The number of aryl methyl sites for hydroxylation is 1. The number of aromatic nitrogens is 5. The van der Waals surface area contributed by atoms with E-state index >= 15 is 0 Å². The molecule has 0 atom stereocenters. The minimum absolute atomic E-state index is 0.106. The molecule has 6 nitrogen and oxygen atoms in total. The molecule has 0 aliphatic rings. The highest BCUT2D eigenvalue weighted by Crippen LogP contribution is 2.28. The number of fused-ring (bicyclic) bond motifs is 1. The number of thioether (sulfide) groups is 1. The lowest BCUT2D eigenvalue weighted by molar-refractivity contribution is 0.687. The van der Waals surface area contributed by atoms with E-state index in [9.17, 15) is 4.79 Å². The van der Waals surface area contributed by atoms with Gasteiger partial charge in [-0.1, -0.05) is 30.0 Å². The van der Waals surface area contributed by atoms with Crippen LogP contribution in [0.3, 0.4) is 0 Å². The van der Waals surface area contributed by atoms with Crippen molar-refractivity contribution in [3.05, 3.63) is 57.5 Å². The highest BCUT2D eigenvalue weighted by Gasteiger charge is 2.15. The first-order valence-electron chi connectivity index (χ1n) is 8.25. The van der Waals surface area contributed by atoms with Gasteiger partial charge >= 0.3 is 0 Å². The smallest absolute Gasteiger partial charge is 0.258 e. The number of para-hydroxylation sites is 1. The van der Waals surface area contributed by atoms with Crippen molar-refractivity contribution >= 4 is 34.0 Å². The van der Waals surface area contributed by atoms with Crippen molar-refractivity contribution in [2.75, 3.05) is 0 Å². The van der Waals surface area contributed by atoms with Gasteiger partial charge in [-0.25, -0.2) is 4.98 Å². The van der Waals surface area contributed by atoms with E-state index < -0.39 is 0 Å². The van der Waals surface area contributed by atoms with Gasteiger partial charge in [-0.05, 0) is 36.9 Å². The number of nitrogens with zero attached hydrogens (tertiary/aromatic N) is 4. The lowest BCUT2D eigenvalue weighted by Gasteiger charge is -2.07. The Hall–Kier alpha value is -2.45. The maximum Gasteiger partial charge on any atom is 0.258 e. The molecule has 132 valence electrons. The summed E-state index contributed by atoms with van der Waals surface area (Å²) >= 11 is 3.17. The maximum absolute atomic E-state index is 12.3. The van der Waals surface area contributed by atoms with Crippen molar-refractivity contribution in [3.63, 3.8) is 0 Å². The van der Waals surface area contributed by atoms with Gasteiger partial charge in [0.05, 0.1) is 21.5 Å². The zero-order chi connectivity index (χ0) is 18.1. The summed E-state index contributed by atoms with van der Waals surface area (Å²) in [4.78, 5) is 20.9. The van der Waals surface area contributed by atoms with Crippen LogP contribution < -0.4 is 5.56 Å². The predicted octanol–water partition coefficient (Wildman–Crippen LogP) is 3.86. The third-order valence-electron chi connectivity index (χ3n) is 4.10. The lowest BCUT2D eigenvalue weighted by Crippen LogP contribution is -2.12. The summed E-state index contributed by atoms with van der Waals surface area (Å²) in [7, 11) is 0. The number of aromatic amines is 1. The Kier molecular flexibility index (Phi) is 4.60. The average molecular weight is 384 g/mol. The average Bonchev–Trinajstić information content (AvgIpc) is 3.30. The van der Waals surface area contributed by atoms with E-state index in [1.165, 1.54) is 11.8 Å². The van der Waals surface area contributed by atoms with E-state index in [0.717, 1.165) is 33.5 Å². The minimum Gasteiger partial charge on any atom is -0.309 e. The monoisotopic (exact) mass is 383 g/mol. The molecule has 0 aliphatic carbocycles. The van der Waals surface area contributed by atoms with Crippen molar-refractivity contribution in [1.29, 1.82) is 0 Å². The molecule has 0 spiro atoms. The van der Waals surface area contributed by atoms with Crippen LogP contribution in [-0.4, -0.2) is 24.7 Å². The summed E-state index contributed by atoms with van der Waals surface area (Å²) in [6.45, 7) is 4.82. The van der Waals surface area contributed by atoms with E-state index in [4.69, 9.17) is 0 Å². The zero-order valence-corrected chi connectivity index (χ0v) is 16.0. The van der Waals surface area contributed by atoms with Gasteiger partial charge in [-0.15, -0.1) is 21.5 Å². The van der Waals surface area contributed by atoms with E-state index in [1.54, 1.807) is 17.4 Å². The van der Waals surface area contributed by atoms with Gasteiger partial charge in [0, 0.05) is 6.54 Å². The third kappa shape index (κ3) is 3.06. The van der Waals surface area contributed by atoms with Gasteiger partial charge < -0.3 is 9.55 Å². The Balaban J connectivity index is 1.63. The van der Waals surface area contributed by atoms with Crippen LogP contribution in [0, 0.1) is 6.92 Å². The van der Waals surface area contributed by atoms with Crippen molar-refractivity contribution < 1.29 is 0 Å².